The molecule has 0 bridgehead atoms. The summed E-state index contributed by atoms with van der Waals surface area (Å²) < 4.78 is 15.4. The largest absolute Gasteiger partial charge is 0.497 e. The van der Waals surface area contributed by atoms with Crippen LogP contribution in [0.3, 0.4) is 0 Å². The molecule has 0 fully saturated rings. The summed E-state index contributed by atoms with van der Waals surface area (Å²) in [6.45, 7) is 2.85. The molecule has 0 aliphatic rings. The van der Waals surface area contributed by atoms with Crippen molar-refractivity contribution in [2.24, 2.45) is 11.7 Å². The first-order valence-corrected chi connectivity index (χ1v) is 10.4. The van der Waals surface area contributed by atoms with E-state index in [1.54, 1.807) is 25.3 Å². The van der Waals surface area contributed by atoms with Gasteiger partial charge in [-0.15, -0.1) is 11.3 Å². The molecule has 2 rings (SSSR count). The van der Waals surface area contributed by atoms with Crippen LogP contribution in [-0.4, -0.2) is 50.6 Å². The number of carbonyl (C=O) groups is 4. The molecule has 2 aromatic rings. The molecule has 1 atom stereocenters. The Labute approximate surface area is 189 Å². The van der Waals surface area contributed by atoms with E-state index in [-0.39, 0.29) is 22.0 Å². The molecule has 0 radical (unpaired) electrons. The number of hydrogen-bond donors (Lipinski definition) is 3. The summed E-state index contributed by atoms with van der Waals surface area (Å²) in [5.41, 5.74) is 5.63. The second-order valence-corrected chi connectivity index (χ2v) is 7.90. The molecule has 0 aliphatic carbocycles. The van der Waals surface area contributed by atoms with Crippen molar-refractivity contribution >= 4 is 40.0 Å². The van der Waals surface area contributed by atoms with Crippen LogP contribution in [0.5, 0.6) is 11.5 Å². The third kappa shape index (κ3) is 6.45. The number of primary amides is 1. The van der Waals surface area contributed by atoms with Crippen LogP contribution in [0.1, 0.15) is 34.6 Å². The molecule has 1 aromatic carbocycles. The fraction of sp³-hybridized carbons (Fsp3) is 0.333. The van der Waals surface area contributed by atoms with E-state index in [1.165, 1.54) is 32.4 Å². The Bertz CT molecular complexity index is 981. The maximum Gasteiger partial charge on any atom is 0.329 e. The van der Waals surface area contributed by atoms with Crippen molar-refractivity contribution < 1.29 is 33.4 Å². The van der Waals surface area contributed by atoms with Crippen LogP contribution in [0.15, 0.2) is 29.6 Å². The maximum atomic E-state index is 12.7. The third-order valence-corrected chi connectivity index (χ3v) is 5.18. The molecule has 0 aliphatic heterocycles. The van der Waals surface area contributed by atoms with Gasteiger partial charge in [-0.05, 0) is 29.5 Å². The molecule has 3 amide bonds. The quantitative estimate of drug-likeness (QED) is 0.455. The van der Waals surface area contributed by atoms with Gasteiger partial charge in [0.25, 0.3) is 17.7 Å². The summed E-state index contributed by atoms with van der Waals surface area (Å²) in [5.74, 6) is -2.13. The number of thiophene rings is 1. The highest BCUT2D eigenvalue weighted by Gasteiger charge is 2.27. The van der Waals surface area contributed by atoms with Crippen LogP contribution in [0.25, 0.3) is 0 Å². The van der Waals surface area contributed by atoms with Crippen molar-refractivity contribution in [3.8, 4) is 11.5 Å². The van der Waals surface area contributed by atoms with Crippen LogP contribution < -0.4 is 25.8 Å². The maximum absolute atomic E-state index is 12.7. The first-order valence-electron chi connectivity index (χ1n) is 9.54. The minimum Gasteiger partial charge on any atom is -0.497 e. The molecule has 0 saturated heterocycles. The molecule has 0 spiro atoms. The van der Waals surface area contributed by atoms with Crippen LogP contribution in [-0.2, 0) is 14.3 Å². The predicted molar refractivity (Wildman–Crippen MR) is 118 cm³/mol. The van der Waals surface area contributed by atoms with Crippen molar-refractivity contribution in [3.63, 3.8) is 0 Å². The molecule has 10 nitrogen and oxygen atoms in total. The summed E-state index contributed by atoms with van der Waals surface area (Å²) in [6, 6.07) is 5.10. The lowest BCUT2D eigenvalue weighted by Crippen LogP contribution is -2.46. The van der Waals surface area contributed by atoms with Gasteiger partial charge in [0.15, 0.2) is 6.61 Å². The molecular formula is C21H25N3O7S. The average Bonchev–Trinajstić information content (AvgIpc) is 3.23. The first kappa shape index (κ1) is 24.7. The zero-order valence-electron chi connectivity index (χ0n) is 18.1. The summed E-state index contributed by atoms with van der Waals surface area (Å²) in [6.07, 6.45) is 0. The Morgan fingerprint density at radius 2 is 1.69 bits per heavy atom. The van der Waals surface area contributed by atoms with Crippen LogP contribution in [0.4, 0.5) is 5.00 Å². The van der Waals surface area contributed by atoms with Crippen LogP contribution in [0, 0.1) is 5.92 Å². The highest BCUT2D eigenvalue weighted by atomic mass is 32.1. The Hall–Kier alpha value is -3.60. The van der Waals surface area contributed by atoms with E-state index in [0.717, 1.165) is 11.3 Å². The van der Waals surface area contributed by atoms with Crippen LogP contribution in [0.2, 0.25) is 0 Å². The fourth-order valence-corrected chi connectivity index (χ4v) is 3.46. The molecule has 4 N–H and O–H groups in total. The van der Waals surface area contributed by atoms with Gasteiger partial charge in [-0.1, -0.05) is 13.8 Å². The number of carbonyl (C=O) groups excluding carboxylic acids is 4. The number of anilines is 1. The number of methoxy groups -OCH3 is 2. The van der Waals surface area contributed by atoms with Gasteiger partial charge >= 0.3 is 5.97 Å². The van der Waals surface area contributed by atoms with E-state index in [4.69, 9.17) is 19.9 Å². The second-order valence-electron chi connectivity index (χ2n) is 6.98. The number of benzene rings is 1. The fourth-order valence-electron chi connectivity index (χ4n) is 2.65. The zero-order chi connectivity index (χ0) is 23.8. The van der Waals surface area contributed by atoms with E-state index in [1.807, 2.05) is 0 Å². The molecule has 172 valence electrons. The number of hydrogen-bond acceptors (Lipinski definition) is 8. The summed E-state index contributed by atoms with van der Waals surface area (Å²) in [4.78, 5) is 48.7. The van der Waals surface area contributed by atoms with E-state index in [2.05, 4.69) is 10.6 Å². The standard InChI is InChI=1S/C21H25N3O7S/c1-11(2)17(24-19(27)12-7-13(29-3)9-14(8-12)30-4)21(28)31-10-16(25)23-20-15(18(22)26)5-6-32-20/h5-9,11,17H,10H2,1-4H3,(H2,22,26)(H,23,25)(H,24,27)/t17-/m0/s1. The molecular weight excluding hydrogens is 438 g/mol. The van der Waals surface area contributed by atoms with E-state index < -0.39 is 36.3 Å². The minimum atomic E-state index is -1.00. The number of esters is 1. The second kappa shape index (κ2) is 11.1. The summed E-state index contributed by atoms with van der Waals surface area (Å²) in [7, 11) is 2.91. The number of nitrogens with one attached hydrogen (secondary N) is 2. The first-order chi connectivity index (χ1) is 15.2. The predicted octanol–water partition coefficient (Wildman–Crippen LogP) is 1.80. The van der Waals surface area contributed by atoms with Crippen molar-refractivity contribution in [2.45, 2.75) is 19.9 Å². The van der Waals surface area contributed by atoms with Gasteiger partial charge in [0.1, 0.15) is 22.5 Å². The summed E-state index contributed by atoms with van der Waals surface area (Å²) in [5, 5.41) is 6.95. The molecule has 0 unspecified atom stereocenters. The van der Waals surface area contributed by atoms with Gasteiger partial charge in [-0.25, -0.2) is 4.79 Å². The van der Waals surface area contributed by atoms with Gasteiger partial charge in [0.2, 0.25) is 0 Å². The number of nitrogens with two attached hydrogens (primary N) is 1. The highest BCUT2D eigenvalue weighted by molar-refractivity contribution is 7.14. The SMILES string of the molecule is COc1cc(OC)cc(C(=O)N[C@H](C(=O)OCC(=O)Nc2sccc2C(N)=O)C(C)C)c1. The third-order valence-electron chi connectivity index (χ3n) is 4.35. The van der Waals surface area contributed by atoms with Crippen molar-refractivity contribution in [2.75, 3.05) is 26.1 Å². The Kier molecular flexibility index (Phi) is 8.59. The van der Waals surface area contributed by atoms with Gasteiger partial charge in [0, 0.05) is 11.6 Å². The van der Waals surface area contributed by atoms with Gasteiger partial charge < -0.3 is 30.6 Å². The van der Waals surface area contributed by atoms with Crippen LogP contribution >= 0.6 is 11.3 Å². The van der Waals surface area contributed by atoms with Crippen molar-refractivity contribution in [3.05, 3.63) is 40.8 Å². The molecule has 1 aromatic heterocycles. The monoisotopic (exact) mass is 463 g/mol. The lowest BCUT2D eigenvalue weighted by atomic mass is 10.0. The highest BCUT2D eigenvalue weighted by Crippen LogP contribution is 2.23. The average molecular weight is 464 g/mol. The Morgan fingerprint density at radius 3 is 2.22 bits per heavy atom. The van der Waals surface area contributed by atoms with E-state index in [9.17, 15) is 19.2 Å². The number of amides is 3. The normalized spacial score (nSPS) is 11.4. The lowest BCUT2D eigenvalue weighted by Gasteiger charge is -2.21. The van der Waals surface area contributed by atoms with Gasteiger partial charge in [-0.3, -0.25) is 14.4 Å². The molecule has 0 saturated carbocycles. The topological polar surface area (TPSA) is 146 Å². The van der Waals surface area contributed by atoms with Crippen molar-refractivity contribution in [1.82, 2.24) is 5.32 Å². The molecule has 32 heavy (non-hydrogen) atoms. The van der Waals surface area contributed by atoms with Gasteiger partial charge in [0.05, 0.1) is 19.8 Å². The van der Waals surface area contributed by atoms with E-state index in [0.29, 0.717) is 11.5 Å². The Balaban J connectivity index is 2.02. The van der Waals surface area contributed by atoms with E-state index >= 15 is 0 Å². The van der Waals surface area contributed by atoms with Crippen molar-refractivity contribution in [1.29, 1.82) is 0 Å². The molecule has 11 heteroatoms. The minimum absolute atomic E-state index is 0.163. The lowest BCUT2D eigenvalue weighted by molar-refractivity contribution is -0.150. The molecule has 1 heterocycles. The number of ether oxygens (including phenoxy) is 3. The Morgan fingerprint density at radius 1 is 1.06 bits per heavy atom. The summed E-state index contributed by atoms with van der Waals surface area (Å²) >= 11 is 1.11. The smallest absolute Gasteiger partial charge is 0.329 e. The zero-order valence-corrected chi connectivity index (χ0v) is 18.9. The van der Waals surface area contributed by atoms with Gasteiger partial charge in [-0.2, -0.15) is 0 Å². The number of rotatable bonds is 10.